The van der Waals surface area contributed by atoms with Gasteiger partial charge in [-0.25, -0.2) is 4.79 Å². The number of hydrogen-bond donors (Lipinski definition) is 1. The second-order valence-electron chi connectivity index (χ2n) is 3.34. The van der Waals surface area contributed by atoms with Gasteiger partial charge in [0.05, 0.1) is 0 Å². The summed E-state index contributed by atoms with van der Waals surface area (Å²) in [5, 5.41) is 8.62. The van der Waals surface area contributed by atoms with Crippen LogP contribution in [-0.2, 0) is 15.6 Å². The van der Waals surface area contributed by atoms with Crippen molar-refractivity contribution in [2.75, 3.05) is 31.1 Å². The van der Waals surface area contributed by atoms with E-state index in [0.29, 0.717) is 23.6 Å². The Bertz CT molecular complexity index is 265. The van der Waals surface area contributed by atoms with E-state index in [4.69, 9.17) is 5.11 Å². The van der Waals surface area contributed by atoms with Crippen LogP contribution in [0.3, 0.4) is 0 Å². The maximum atomic E-state index is 11.0. The van der Waals surface area contributed by atoms with E-state index in [1.807, 2.05) is 0 Å². The Balaban J connectivity index is 2.35. The lowest BCUT2D eigenvalue weighted by Gasteiger charge is -2.24. The van der Waals surface area contributed by atoms with Crippen molar-refractivity contribution in [3.05, 3.63) is 11.6 Å². The smallest absolute Gasteiger partial charge is 0.330 e. The van der Waals surface area contributed by atoms with Crippen molar-refractivity contribution in [1.29, 1.82) is 0 Å². The quantitative estimate of drug-likeness (QED) is 0.680. The molecule has 1 aliphatic rings. The zero-order valence-electron chi connectivity index (χ0n) is 8.23. The zero-order valence-corrected chi connectivity index (χ0v) is 9.05. The molecule has 0 aromatic carbocycles. The van der Waals surface area contributed by atoms with Crippen molar-refractivity contribution >= 4 is 16.8 Å². The van der Waals surface area contributed by atoms with Gasteiger partial charge in [-0.15, -0.1) is 0 Å². The number of aliphatic carboxylic acids is 1. The molecular formula is C9H15NO3S. The Labute approximate surface area is 86.1 Å². The summed E-state index contributed by atoms with van der Waals surface area (Å²) in [6, 6.07) is 0. The Morgan fingerprint density at radius 2 is 2.07 bits per heavy atom. The number of carbonyl (C=O) groups is 1. The van der Waals surface area contributed by atoms with E-state index in [1.165, 1.54) is 0 Å². The summed E-state index contributed by atoms with van der Waals surface area (Å²) in [7, 11) is -0.663. The molecule has 80 valence electrons. The van der Waals surface area contributed by atoms with Gasteiger partial charge in [0.25, 0.3) is 0 Å². The summed E-state index contributed by atoms with van der Waals surface area (Å²) in [6.07, 6.45) is 1.70. The van der Waals surface area contributed by atoms with Crippen LogP contribution in [0.4, 0.5) is 0 Å². The standard InChI is InChI=1S/C9H15NO3S/c1-8(9(11)12)2-3-10-4-6-14(13)7-5-10/h2H,3-7H2,1H3,(H,11,12)/b8-2+. The Kier molecular flexibility index (Phi) is 4.28. The average Bonchev–Trinajstić information content (AvgIpc) is 2.16. The topological polar surface area (TPSA) is 57.6 Å². The van der Waals surface area contributed by atoms with Gasteiger partial charge >= 0.3 is 5.97 Å². The van der Waals surface area contributed by atoms with Crippen molar-refractivity contribution in [3.63, 3.8) is 0 Å². The highest BCUT2D eigenvalue weighted by atomic mass is 32.2. The zero-order chi connectivity index (χ0) is 10.6. The molecular weight excluding hydrogens is 202 g/mol. The molecule has 5 heteroatoms. The molecule has 0 saturated carbocycles. The molecule has 1 rings (SSSR count). The normalized spacial score (nSPS) is 21.1. The van der Waals surface area contributed by atoms with Gasteiger partial charge in [-0.2, -0.15) is 0 Å². The SMILES string of the molecule is C/C(=C\CN1CCS(=O)CC1)C(=O)O. The molecule has 0 atom stereocenters. The van der Waals surface area contributed by atoms with E-state index in [-0.39, 0.29) is 0 Å². The lowest BCUT2D eigenvalue weighted by atomic mass is 10.3. The summed E-state index contributed by atoms with van der Waals surface area (Å²) < 4.78 is 11.0. The molecule has 1 heterocycles. The number of nitrogens with zero attached hydrogens (tertiary/aromatic N) is 1. The van der Waals surface area contributed by atoms with Gasteiger partial charge in [0, 0.05) is 47.5 Å². The van der Waals surface area contributed by atoms with E-state index >= 15 is 0 Å². The summed E-state index contributed by atoms with van der Waals surface area (Å²) >= 11 is 0. The van der Waals surface area contributed by atoms with Gasteiger partial charge in [-0.05, 0) is 6.92 Å². The van der Waals surface area contributed by atoms with Crippen molar-refractivity contribution in [2.24, 2.45) is 0 Å². The van der Waals surface area contributed by atoms with Crippen LogP contribution in [0.2, 0.25) is 0 Å². The second-order valence-corrected chi connectivity index (χ2v) is 5.04. The molecule has 1 N–H and O–H groups in total. The van der Waals surface area contributed by atoms with Crippen molar-refractivity contribution < 1.29 is 14.1 Å². The minimum atomic E-state index is -0.870. The van der Waals surface area contributed by atoms with Crippen molar-refractivity contribution in [2.45, 2.75) is 6.92 Å². The van der Waals surface area contributed by atoms with Crippen LogP contribution in [0.25, 0.3) is 0 Å². The predicted molar refractivity (Wildman–Crippen MR) is 55.7 cm³/mol. The first-order valence-electron chi connectivity index (χ1n) is 4.57. The highest BCUT2D eigenvalue weighted by molar-refractivity contribution is 7.85. The van der Waals surface area contributed by atoms with Crippen LogP contribution < -0.4 is 0 Å². The van der Waals surface area contributed by atoms with Crippen LogP contribution in [0.5, 0.6) is 0 Å². The van der Waals surface area contributed by atoms with Gasteiger partial charge in [-0.3, -0.25) is 9.11 Å². The fourth-order valence-electron chi connectivity index (χ4n) is 1.21. The van der Waals surface area contributed by atoms with E-state index in [9.17, 15) is 9.00 Å². The second kappa shape index (κ2) is 5.26. The van der Waals surface area contributed by atoms with Gasteiger partial charge in [0.1, 0.15) is 0 Å². The summed E-state index contributed by atoms with van der Waals surface area (Å²) in [5.74, 6) is 0.547. The Morgan fingerprint density at radius 1 is 1.50 bits per heavy atom. The van der Waals surface area contributed by atoms with Crippen molar-refractivity contribution in [1.82, 2.24) is 4.90 Å². The van der Waals surface area contributed by atoms with Crippen LogP contribution in [0.1, 0.15) is 6.92 Å². The van der Waals surface area contributed by atoms with E-state index < -0.39 is 16.8 Å². The van der Waals surface area contributed by atoms with E-state index in [1.54, 1.807) is 13.0 Å². The van der Waals surface area contributed by atoms with Crippen molar-refractivity contribution in [3.8, 4) is 0 Å². The van der Waals surface area contributed by atoms with Crippen LogP contribution in [0.15, 0.2) is 11.6 Å². The monoisotopic (exact) mass is 217 g/mol. The van der Waals surface area contributed by atoms with Gasteiger partial charge in [0.2, 0.25) is 0 Å². The molecule has 0 aromatic rings. The first-order chi connectivity index (χ1) is 6.59. The summed E-state index contributed by atoms with van der Waals surface area (Å²) in [4.78, 5) is 12.6. The molecule has 0 unspecified atom stereocenters. The molecule has 0 aliphatic carbocycles. The average molecular weight is 217 g/mol. The summed E-state index contributed by atoms with van der Waals surface area (Å²) in [6.45, 7) is 3.84. The van der Waals surface area contributed by atoms with Gasteiger partial charge in [0.15, 0.2) is 0 Å². The third-order valence-corrected chi connectivity index (χ3v) is 3.54. The van der Waals surface area contributed by atoms with Gasteiger partial charge in [-0.1, -0.05) is 6.08 Å². The molecule has 0 aromatic heterocycles. The highest BCUT2D eigenvalue weighted by Crippen LogP contribution is 2.01. The minimum Gasteiger partial charge on any atom is -0.478 e. The Hall–Kier alpha value is -0.680. The number of carboxylic acids is 1. The first-order valence-corrected chi connectivity index (χ1v) is 6.06. The molecule has 0 radical (unpaired) electrons. The maximum absolute atomic E-state index is 11.0. The fraction of sp³-hybridized carbons (Fsp3) is 0.667. The van der Waals surface area contributed by atoms with Crippen LogP contribution in [0, 0.1) is 0 Å². The Morgan fingerprint density at radius 3 is 2.57 bits per heavy atom. The van der Waals surface area contributed by atoms with Gasteiger partial charge < -0.3 is 5.11 Å². The molecule has 1 fully saturated rings. The maximum Gasteiger partial charge on any atom is 0.330 e. The molecule has 14 heavy (non-hydrogen) atoms. The molecule has 1 aliphatic heterocycles. The number of carboxylic acid groups (broad SMARTS) is 1. The molecule has 0 amide bonds. The number of hydrogen-bond acceptors (Lipinski definition) is 3. The molecule has 4 nitrogen and oxygen atoms in total. The van der Waals surface area contributed by atoms with E-state index in [2.05, 4.69) is 4.90 Å². The van der Waals surface area contributed by atoms with Crippen LogP contribution >= 0.6 is 0 Å². The highest BCUT2D eigenvalue weighted by Gasteiger charge is 2.13. The lowest BCUT2D eigenvalue weighted by Crippen LogP contribution is -2.37. The van der Waals surface area contributed by atoms with Crippen LogP contribution in [-0.4, -0.2) is 51.3 Å². The number of rotatable bonds is 3. The third kappa shape index (κ3) is 3.59. The fourth-order valence-corrected chi connectivity index (χ4v) is 2.34. The summed E-state index contributed by atoms with van der Waals surface area (Å²) in [5.41, 5.74) is 0.372. The molecule has 0 bridgehead atoms. The lowest BCUT2D eigenvalue weighted by molar-refractivity contribution is -0.132. The largest absolute Gasteiger partial charge is 0.478 e. The third-order valence-electron chi connectivity index (χ3n) is 2.26. The molecule has 0 spiro atoms. The van der Waals surface area contributed by atoms with E-state index in [0.717, 1.165) is 13.1 Å². The minimum absolute atomic E-state index is 0.372. The predicted octanol–water partition coefficient (Wildman–Crippen LogP) is 0.0816. The first kappa shape index (κ1) is 11.4. The molecule has 1 saturated heterocycles.